The van der Waals surface area contributed by atoms with E-state index in [1.165, 1.54) is 44.5 Å². The lowest BCUT2D eigenvalue weighted by Gasteiger charge is -2.31. The second kappa shape index (κ2) is 5.05. The Morgan fingerprint density at radius 1 is 1.27 bits per heavy atom. The van der Waals surface area contributed by atoms with E-state index in [4.69, 9.17) is 0 Å². The van der Waals surface area contributed by atoms with Crippen molar-refractivity contribution in [2.24, 2.45) is 11.3 Å². The molecule has 15 heavy (non-hydrogen) atoms. The smallest absolute Gasteiger partial charge is 0.0175 e. The molecule has 1 saturated heterocycles. The Kier molecular flexibility index (Phi) is 4.24. The average molecular weight is 209 g/mol. The molecule has 0 spiro atoms. The molecule has 1 atom stereocenters. The molecule has 1 heterocycles. The second-order valence-corrected chi connectivity index (χ2v) is 6.06. The number of likely N-dealkylation sites (tertiary alicyclic amines) is 1. The summed E-state index contributed by atoms with van der Waals surface area (Å²) in [4.78, 5) is 2.50. The Hall–Kier alpha value is -0.460. The minimum atomic E-state index is 0.420. The van der Waals surface area contributed by atoms with Gasteiger partial charge in [-0.25, -0.2) is 0 Å². The third-order valence-electron chi connectivity index (χ3n) is 3.34. The van der Waals surface area contributed by atoms with Gasteiger partial charge in [0.05, 0.1) is 0 Å². The van der Waals surface area contributed by atoms with Crippen molar-refractivity contribution in [3.05, 3.63) is 12.3 Å². The minimum absolute atomic E-state index is 0.420. The van der Waals surface area contributed by atoms with Gasteiger partial charge in [-0.3, -0.25) is 0 Å². The summed E-state index contributed by atoms with van der Waals surface area (Å²) in [6.07, 6.45) is 5.20. The summed E-state index contributed by atoms with van der Waals surface area (Å²) in [6, 6.07) is 0. The lowest BCUT2D eigenvalue weighted by atomic mass is 9.82. The maximum Gasteiger partial charge on any atom is 0.0175 e. The fraction of sp³-hybridized carbons (Fsp3) is 0.857. The maximum absolute atomic E-state index is 4.32. The highest BCUT2D eigenvalue weighted by Gasteiger charge is 2.24. The molecule has 0 aliphatic carbocycles. The number of hydrogen-bond acceptors (Lipinski definition) is 1. The van der Waals surface area contributed by atoms with Crippen LogP contribution in [0.5, 0.6) is 0 Å². The number of rotatable bonds is 4. The maximum atomic E-state index is 4.32. The molecule has 0 saturated carbocycles. The van der Waals surface area contributed by atoms with E-state index in [-0.39, 0.29) is 0 Å². The molecule has 88 valence electrons. The van der Waals surface area contributed by atoms with Gasteiger partial charge in [-0.2, -0.15) is 0 Å². The van der Waals surface area contributed by atoms with Crippen LogP contribution in [0.25, 0.3) is 0 Å². The Morgan fingerprint density at radius 2 is 1.80 bits per heavy atom. The summed E-state index contributed by atoms with van der Waals surface area (Å²) in [5, 5.41) is 0. The highest BCUT2D eigenvalue weighted by Crippen LogP contribution is 2.32. The van der Waals surface area contributed by atoms with Crippen molar-refractivity contribution in [3.8, 4) is 0 Å². The van der Waals surface area contributed by atoms with E-state index in [0.29, 0.717) is 11.3 Å². The highest BCUT2D eigenvalue weighted by atomic mass is 15.1. The molecule has 0 aromatic rings. The highest BCUT2D eigenvalue weighted by molar-refractivity contribution is 5.02. The molecule has 1 fully saturated rings. The third-order valence-corrected chi connectivity index (χ3v) is 3.34. The molecule has 0 amide bonds. The number of hydrogen-bond donors (Lipinski definition) is 0. The fourth-order valence-corrected chi connectivity index (χ4v) is 2.50. The molecule has 1 aliphatic heterocycles. The van der Waals surface area contributed by atoms with Crippen molar-refractivity contribution in [3.63, 3.8) is 0 Å². The van der Waals surface area contributed by atoms with Crippen LogP contribution >= 0.6 is 0 Å². The first kappa shape index (κ1) is 12.6. The van der Waals surface area contributed by atoms with Crippen LogP contribution in [-0.2, 0) is 0 Å². The van der Waals surface area contributed by atoms with Gasteiger partial charge in [0.15, 0.2) is 0 Å². The van der Waals surface area contributed by atoms with Crippen LogP contribution in [0.2, 0.25) is 0 Å². The van der Waals surface area contributed by atoms with Gasteiger partial charge in [0, 0.05) is 18.8 Å². The van der Waals surface area contributed by atoms with Gasteiger partial charge in [0.25, 0.3) is 0 Å². The Balaban J connectivity index is 2.53. The van der Waals surface area contributed by atoms with Crippen LogP contribution in [0.4, 0.5) is 0 Å². The van der Waals surface area contributed by atoms with Gasteiger partial charge < -0.3 is 4.90 Å². The molecule has 0 aromatic carbocycles. The van der Waals surface area contributed by atoms with Crippen LogP contribution in [-0.4, -0.2) is 18.0 Å². The van der Waals surface area contributed by atoms with Crippen LogP contribution in [0.3, 0.4) is 0 Å². The van der Waals surface area contributed by atoms with Crippen molar-refractivity contribution < 1.29 is 0 Å². The molecule has 0 aromatic heterocycles. The van der Waals surface area contributed by atoms with Crippen LogP contribution < -0.4 is 0 Å². The first-order chi connectivity index (χ1) is 6.94. The van der Waals surface area contributed by atoms with Crippen molar-refractivity contribution in [2.75, 3.05) is 13.1 Å². The molecule has 0 bridgehead atoms. The zero-order valence-electron chi connectivity index (χ0n) is 11.0. The SMILES string of the molecule is C=C(C(CC)CC(C)(C)C)N1CCCC1. The van der Waals surface area contributed by atoms with Gasteiger partial charge in [0.2, 0.25) is 0 Å². The lowest BCUT2D eigenvalue weighted by molar-refractivity contribution is 0.267. The summed E-state index contributed by atoms with van der Waals surface area (Å²) in [5.41, 5.74) is 1.81. The molecule has 1 unspecified atom stereocenters. The zero-order valence-corrected chi connectivity index (χ0v) is 11.0. The van der Waals surface area contributed by atoms with E-state index in [1.807, 2.05) is 0 Å². The quantitative estimate of drug-likeness (QED) is 0.675. The van der Waals surface area contributed by atoms with Gasteiger partial charge in [-0.05, 0) is 37.0 Å². The summed E-state index contributed by atoms with van der Waals surface area (Å²) in [7, 11) is 0. The Bertz CT molecular complexity index is 206. The van der Waals surface area contributed by atoms with Gasteiger partial charge in [-0.1, -0.05) is 34.3 Å². The van der Waals surface area contributed by atoms with Crippen molar-refractivity contribution in [1.82, 2.24) is 4.90 Å². The molecular weight excluding hydrogens is 182 g/mol. The standard InChI is InChI=1S/C14H27N/c1-6-13(11-14(3,4)5)12(2)15-9-7-8-10-15/h13H,2,6-11H2,1,3-5H3. The van der Waals surface area contributed by atoms with E-state index >= 15 is 0 Å². The summed E-state index contributed by atoms with van der Waals surface area (Å²) < 4.78 is 0. The molecule has 1 heteroatoms. The number of allylic oxidation sites excluding steroid dienone is 1. The largest absolute Gasteiger partial charge is 0.375 e. The van der Waals surface area contributed by atoms with Crippen molar-refractivity contribution in [2.45, 2.75) is 53.4 Å². The van der Waals surface area contributed by atoms with E-state index in [1.54, 1.807) is 0 Å². The van der Waals surface area contributed by atoms with Crippen molar-refractivity contribution in [1.29, 1.82) is 0 Å². The first-order valence-corrected chi connectivity index (χ1v) is 6.38. The topological polar surface area (TPSA) is 3.24 Å². The van der Waals surface area contributed by atoms with Gasteiger partial charge >= 0.3 is 0 Å². The summed E-state index contributed by atoms with van der Waals surface area (Å²) in [6.45, 7) is 16.1. The van der Waals surface area contributed by atoms with Gasteiger partial charge in [0.1, 0.15) is 0 Å². The zero-order chi connectivity index (χ0) is 11.5. The molecule has 1 aliphatic rings. The van der Waals surface area contributed by atoms with Crippen LogP contribution in [0.1, 0.15) is 53.4 Å². The van der Waals surface area contributed by atoms with Crippen LogP contribution in [0, 0.1) is 11.3 Å². The monoisotopic (exact) mass is 209 g/mol. The predicted molar refractivity (Wildman–Crippen MR) is 67.8 cm³/mol. The Morgan fingerprint density at radius 3 is 2.20 bits per heavy atom. The Labute approximate surface area is 95.5 Å². The molecule has 0 radical (unpaired) electrons. The lowest BCUT2D eigenvalue weighted by Crippen LogP contribution is -2.26. The normalized spacial score (nSPS) is 19.3. The summed E-state index contributed by atoms with van der Waals surface area (Å²) in [5.74, 6) is 0.683. The van der Waals surface area contributed by atoms with E-state index in [0.717, 1.165) is 0 Å². The molecule has 0 N–H and O–H groups in total. The first-order valence-electron chi connectivity index (χ1n) is 6.38. The minimum Gasteiger partial charge on any atom is -0.375 e. The van der Waals surface area contributed by atoms with E-state index in [2.05, 4.69) is 39.2 Å². The average Bonchev–Trinajstić information content (AvgIpc) is 2.64. The van der Waals surface area contributed by atoms with E-state index in [9.17, 15) is 0 Å². The van der Waals surface area contributed by atoms with Gasteiger partial charge in [-0.15, -0.1) is 0 Å². The van der Waals surface area contributed by atoms with Crippen LogP contribution in [0.15, 0.2) is 12.3 Å². The van der Waals surface area contributed by atoms with Crippen molar-refractivity contribution >= 4 is 0 Å². The second-order valence-electron chi connectivity index (χ2n) is 6.06. The fourth-order valence-electron chi connectivity index (χ4n) is 2.50. The molecule has 1 rings (SSSR count). The summed E-state index contributed by atoms with van der Waals surface area (Å²) >= 11 is 0. The third kappa shape index (κ3) is 3.89. The molecular formula is C14H27N. The number of nitrogens with zero attached hydrogens (tertiary/aromatic N) is 1. The van der Waals surface area contributed by atoms with E-state index < -0.39 is 0 Å². The predicted octanol–water partition coefficient (Wildman–Crippen LogP) is 4.06. The molecule has 1 nitrogen and oxygen atoms in total.